The van der Waals surface area contributed by atoms with Gasteiger partial charge in [0.05, 0.1) is 6.42 Å². The van der Waals surface area contributed by atoms with E-state index in [0.717, 1.165) is 31.1 Å². The van der Waals surface area contributed by atoms with Crippen molar-refractivity contribution < 1.29 is 4.79 Å². The van der Waals surface area contributed by atoms with Crippen molar-refractivity contribution in [2.75, 3.05) is 13.1 Å². The molecule has 0 bridgehead atoms. The Bertz CT molecular complexity index is 924. The quantitative estimate of drug-likeness (QED) is 0.818. The Morgan fingerprint density at radius 2 is 2.07 bits per heavy atom. The van der Waals surface area contributed by atoms with Crippen molar-refractivity contribution in [3.8, 4) is 0 Å². The lowest BCUT2D eigenvalue weighted by molar-refractivity contribution is -0.131. The number of nitrogens with one attached hydrogen (secondary N) is 2. The Kier molecular flexibility index (Phi) is 4.96. The number of carbonyl (C=O) groups excluding carboxylic acids is 1. The third-order valence-electron chi connectivity index (χ3n) is 5.80. The first-order valence-electron chi connectivity index (χ1n) is 9.70. The highest BCUT2D eigenvalue weighted by molar-refractivity contribution is 5.78. The molecule has 27 heavy (non-hydrogen) atoms. The lowest BCUT2D eigenvalue weighted by atomic mass is 9.85. The lowest BCUT2D eigenvalue weighted by Crippen LogP contribution is -2.41. The van der Waals surface area contributed by atoms with Crippen molar-refractivity contribution in [2.24, 2.45) is 5.92 Å². The van der Waals surface area contributed by atoms with Crippen molar-refractivity contribution in [1.29, 1.82) is 0 Å². The molecule has 1 amide bonds. The predicted octanol–water partition coefficient (Wildman–Crippen LogP) is 1.01. The van der Waals surface area contributed by atoms with Gasteiger partial charge in [-0.2, -0.15) is 0 Å². The first-order chi connectivity index (χ1) is 13.1. The van der Waals surface area contributed by atoms with Gasteiger partial charge < -0.3 is 14.5 Å². The minimum absolute atomic E-state index is 0.00462. The molecule has 0 unspecified atom stereocenters. The number of hydrogen-bond donors (Lipinski definition) is 2. The van der Waals surface area contributed by atoms with E-state index in [1.165, 1.54) is 25.5 Å². The zero-order chi connectivity index (χ0) is 18.8. The van der Waals surface area contributed by atoms with Crippen molar-refractivity contribution in [1.82, 2.24) is 24.4 Å². The van der Waals surface area contributed by atoms with Crippen LogP contribution in [0.15, 0.2) is 28.2 Å². The van der Waals surface area contributed by atoms with Crippen molar-refractivity contribution in [3.63, 3.8) is 0 Å². The van der Waals surface area contributed by atoms with E-state index in [2.05, 4.69) is 19.5 Å². The number of carbonyl (C=O) groups is 1. The summed E-state index contributed by atoms with van der Waals surface area (Å²) in [5.41, 5.74) is -0.780. The minimum Gasteiger partial charge on any atom is -0.342 e. The second kappa shape index (κ2) is 7.54. The van der Waals surface area contributed by atoms with Crippen LogP contribution in [0.25, 0.3) is 0 Å². The molecule has 1 saturated heterocycles. The first kappa shape index (κ1) is 17.8. The molecular weight excluding hydrogens is 346 g/mol. The van der Waals surface area contributed by atoms with Gasteiger partial charge in [-0.15, -0.1) is 0 Å². The zero-order valence-corrected chi connectivity index (χ0v) is 15.3. The number of hydrogen-bond acceptors (Lipinski definition) is 4. The molecule has 0 spiro atoms. The lowest BCUT2D eigenvalue weighted by Gasteiger charge is -2.33. The van der Waals surface area contributed by atoms with Crippen LogP contribution in [0.4, 0.5) is 0 Å². The number of imidazole rings is 1. The molecule has 1 aliphatic heterocycles. The summed E-state index contributed by atoms with van der Waals surface area (Å²) in [6.45, 7) is 2.34. The van der Waals surface area contributed by atoms with Crippen LogP contribution < -0.4 is 11.2 Å². The summed E-state index contributed by atoms with van der Waals surface area (Å²) >= 11 is 0. The molecule has 2 fully saturated rings. The Labute approximate surface area is 156 Å². The van der Waals surface area contributed by atoms with Gasteiger partial charge in [0.25, 0.3) is 5.56 Å². The maximum absolute atomic E-state index is 12.7. The van der Waals surface area contributed by atoms with Crippen LogP contribution in [0.5, 0.6) is 0 Å². The van der Waals surface area contributed by atoms with Gasteiger partial charge in [0.15, 0.2) is 0 Å². The molecule has 2 aromatic rings. The highest BCUT2D eigenvalue weighted by atomic mass is 16.2. The molecule has 1 aliphatic carbocycles. The maximum Gasteiger partial charge on any atom is 0.325 e. The number of amides is 1. The van der Waals surface area contributed by atoms with Gasteiger partial charge in [0, 0.05) is 49.7 Å². The summed E-state index contributed by atoms with van der Waals surface area (Å²) in [7, 11) is 0. The molecule has 0 radical (unpaired) electrons. The summed E-state index contributed by atoms with van der Waals surface area (Å²) in [6, 6.07) is 0. The van der Waals surface area contributed by atoms with Crippen LogP contribution in [0.2, 0.25) is 0 Å². The third-order valence-corrected chi connectivity index (χ3v) is 5.80. The second-order valence-electron chi connectivity index (χ2n) is 7.69. The average molecular weight is 371 g/mol. The smallest absolute Gasteiger partial charge is 0.325 e. The summed E-state index contributed by atoms with van der Waals surface area (Å²) in [5.74, 6) is 1.97. The molecule has 4 rings (SSSR count). The number of rotatable bonds is 5. The average Bonchev–Trinajstić information content (AvgIpc) is 3.09. The van der Waals surface area contributed by atoms with Crippen molar-refractivity contribution in [3.05, 3.63) is 50.8 Å². The van der Waals surface area contributed by atoms with Gasteiger partial charge in [-0.1, -0.05) is 6.42 Å². The van der Waals surface area contributed by atoms with E-state index in [1.807, 2.05) is 17.3 Å². The normalized spacial score (nSPS) is 20.4. The summed E-state index contributed by atoms with van der Waals surface area (Å²) in [5, 5.41) is 0. The van der Waals surface area contributed by atoms with E-state index in [-0.39, 0.29) is 23.8 Å². The highest BCUT2D eigenvalue weighted by Gasteiger charge is 2.28. The fraction of sp³-hybridized carbons (Fsp3) is 0.579. The number of H-pyrrole nitrogens is 2. The second-order valence-corrected chi connectivity index (χ2v) is 7.69. The van der Waals surface area contributed by atoms with Crippen LogP contribution in [-0.2, 0) is 17.8 Å². The molecule has 2 aromatic heterocycles. The number of likely N-dealkylation sites (tertiary alicyclic amines) is 1. The third kappa shape index (κ3) is 3.89. The Hall–Kier alpha value is -2.64. The number of aromatic nitrogens is 4. The van der Waals surface area contributed by atoms with Crippen LogP contribution in [0.3, 0.4) is 0 Å². The summed E-state index contributed by atoms with van der Waals surface area (Å²) in [4.78, 5) is 46.6. The van der Waals surface area contributed by atoms with E-state index in [9.17, 15) is 14.4 Å². The summed E-state index contributed by atoms with van der Waals surface area (Å²) in [6.07, 6.45) is 11.1. The number of nitrogens with zero attached hydrogens (tertiary/aromatic N) is 3. The number of piperidine rings is 1. The molecule has 0 aromatic carbocycles. The molecule has 144 valence electrons. The Morgan fingerprint density at radius 1 is 1.22 bits per heavy atom. The van der Waals surface area contributed by atoms with Gasteiger partial charge in [0.1, 0.15) is 5.82 Å². The van der Waals surface area contributed by atoms with Crippen molar-refractivity contribution >= 4 is 5.91 Å². The van der Waals surface area contributed by atoms with Gasteiger partial charge in [-0.05, 0) is 31.6 Å². The summed E-state index contributed by atoms with van der Waals surface area (Å²) < 4.78 is 2.26. The van der Waals surface area contributed by atoms with Crippen LogP contribution >= 0.6 is 0 Å². The van der Waals surface area contributed by atoms with Gasteiger partial charge in [-0.25, -0.2) is 9.78 Å². The Balaban J connectivity index is 1.43. The molecule has 2 N–H and O–H groups in total. The fourth-order valence-corrected chi connectivity index (χ4v) is 4.05. The van der Waals surface area contributed by atoms with Crippen LogP contribution in [0, 0.1) is 5.92 Å². The standard InChI is InChI=1S/C19H25N5O3/c25-16(9-15-10-21-19(27)22-18(15)26)23-7-2-5-14(12-23)17-20-6-8-24(17)11-13-3-1-4-13/h6,8,10,13-14H,1-5,7,9,11-12H2,(H2,21,22,26,27)/t14-/m0/s1. The monoisotopic (exact) mass is 371 g/mol. The van der Waals surface area contributed by atoms with E-state index in [0.29, 0.717) is 13.1 Å². The molecular formula is C19H25N5O3. The van der Waals surface area contributed by atoms with E-state index in [4.69, 9.17) is 0 Å². The van der Waals surface area contributed by atoms with Gasteiger partial charge in [0.2, 0.25) is 5.91 Å². The van der Waals surface area contributed by atoms with Gasteiger partial charge in [-0.3, -0.25) is 14.6 Å². The number of aromatic amines is 2. The largest absolute Gasteiger partial charge is 0.342 e. The fourth-order valence-electron chi connectivity index (χ4n) is 4.05. The van der Waals surface area contributed by atoms with Gasteiger partial charge >= 0.3 is 5.69 Å². The molecule has 8 heteroatoms. The Morgan fingerprint density at radius 3 is 2.81 bits per heavy atom. The van der Waals surface area contributed by atoms with Crippen molar-refractivity contribution in [2.45, 2.75) is 51.0 Å². The highest BCUT2D eigenvalue weighted by Crippen LogP contribution is 2.31. The topological polar surface area (TPSA) is 104 Å². The molecule has 1 saturated carbocycles. The SMILES string of the molecule is O=C(Cc1c[nH]c(=O)[nH]c1=O)N1CCC[C@H](c2nccn2CC2CCC2)C1. The predicted molar refractivity (Wildman–Crippen MR) is 99.5 cm³/mol. The first-order valence-corrected chi connectivity index (χ1v) is 9.70. The molecule has 1 atom stereocenters. The maximum atomic E-state index is 12.7. The minimum atomic E-state index is -0.562. The van der Waals surface area contributed by atoms with E-state index in [1.54, 1.807) is 0 Å². The molecule has 2 aliphatic rings. The molecule has 8 nitrogen and oxygen atoms in total. The van der Waals surface area contributed by atoms with E-state index >= 15 is 0 Å². The van der Waals surface area contributed by atoms with Crippen LogP contribution in [0.1, 0.15) is 49.4 Å². The zero-order valence-electron chi connectivity index (χ0n) is 15.3. The molecule has 3 heterocycles. The van der Waals surface area contributed by atoms with Crippen LogP contribution in [-0.4, -0.2) is 43.4 Å². The van der Waals surface area contributed by atoms with E-state index < -0.39 is 11.2 Å².